The Morgan fingerprint density at radius 1 is 1.10 bits per heavy atom. The molecule has 0 aliphatic carbocycles. The van der Waals surface area contributed by atoms with Crippen LogP contribution in [0.25, 0.3) is 0 Å². The fourth-order valence-corrected chi connectivity index (χ4v) is 2.87. The summed E-state index contributed by atoms with van der Waals surface area (Å²) >= 11 is 3.52. The van der Waals surface area contributed by atoms with Gasteiger partial charge >= 0.3 is 0 Å². The van der Waals surface area contributed by atoms with Crippen LogP contribution in [0.2, 0.25) is 0 Å². The van der Waals surface area contributed by atoms with Gasteiger partial charge in [0.15, 0.2) is 0 Å². The van der Waals surface area contributed by atoms with Crippen molar-refractivity contribution in [1.82, 2.24) is 0 Å². The average Bonchev–Trinajstić information content (AvgIpc) is 2.46. The van der Waals surface area contributed by atoms with E-state index in [9.17, 15) is 5.11 Å². The van der Waals surface area contributed by atoms with Gasteiger partial charge in [0, 0.05) is 22.9 Å². The van der Waals surface area contributed by atoms with Gasteiger partial charge in [0.25, 0.3) is 0 Å². The molecule has 2 aromatic rings. The molecule has 1 N–H and O–H groups in total. The van der Waals surface area contributed by atoms with Gasteiger partial charge in [-0.1, -0.05) is 41.1 Å². The van der Waals surface area contributed by atoms with Gasteiger partial charge in [-0.15, -0.1) is 0 Å². The van der Waals surface area contributed by atoms with Gasteiger partial charge in [-0.25, -0.2) is 0 Å². The zero-order valence-electron chi connectivity index (χ0n) is 12.1. The number of rotatable bonds is 4. The van der Waals surface area contributed by atoms with Crippen molar-refractivity contribution in [2.75, 3.05) is 11.9 Å². The molecule has 0 spiro atoms. The van der Waals surface area contributed by atoms with Crippen LogP contribution >= 0.6 is 15.9 Å². The SMILES string of the molecule is CCc1ccc(N(C)c2ccc([C@H](C)O)c(Br)c2)cc1. The predicted molar refractivity (Wildman–Crippen MR) is 88.7 cm³/mol. The lowest BCUT2D eigenvalue weighted by atomic mass is 10.1. The van der Waals surface area contributed by atoms with E-state index in [0.29, 0.717) is 0 Å². The third-order valence-electron chi connectivity index (χ3n) is 3.55. The third kappa shape index (κ3) is 3.22. The lowest BCUT2D eigenvalue weighted by molar-refractivity contribution is 0.198. The minimum Gasteiger partial charge on any atom is -0.389 e. The van der Waals surface area contributed by atoms with E-state index in [-0.39, 0.29) is 0 Å². The minimum absolute atomic E-state index is 0.465. The van der Waals surface area contributed by atoms with Crippen LogP contribution in [0.5, 0.6) is 0 Å². The molecule has 0 saturated carbocycles. The van der Waals surface area contributed by atoms with Gasteiger partial charge < -0.3 is 10.0 Å². The Morgan fingerprint density at radius 3 is 2.20 bits per heavy atom. The molecule has 106 valence electrons. The van der Waals surface area contributed by atoms with Crippen LogP contribution in [0.15, 0.2) is 46.9 Å². The molecule has 0 aliphatic rings. The van der Waals surface area contributed by atoms with Crippen molar-refractivity contribution in [3.05, 3.63) is 58.1 Å². The summed E-state index contributed by atoms with van der Waals surface area (Å²) in [6.45, 7) is 3.93. The first-order valence-electron chi connectivity index (χ1n) is 6.83. The van der Waals surface area contributed by atoms with E-state index in [1.807, 2.05) is 25.2 Å². The molecule has 0 fully saturated rings. The maximum absolute atomic E-state index is 9.67. The second kappa shape index (κ2) is 6.42. The Bertz CT molecular complexity index is 578. The number of nitrogens with zero attached hydrogens (tertiary/aromatic N) is 1. The Labute approximate surface area is 129 Å². The van der Waals surface area contributed by atoms with Crippen LogP contribution in [-0.4, -0.2) is 12.2 Å². The van der Waals surface area contributed by atoms with E-state index in [4.69, 9.17) is 0 Å². The molecular weight excluding hydrogens is 314 g/mol. The Hall–Kier alpha value is -1.32. The summed E-state index contributed by atoms with van der Waals surface area (Å²) in [4.78, 5) is 2.13. The van der Waals surface area contributed by atoms with Gasteiger partial charge in [-0.2, -0.15) is 0 Å². The van der Waals surface area contributed by atoms with Crippen LogP contribution in [0.4, 0.5) is 11.4 Å². The molecule has 2 aromatic carbocycles. The zero-order chi connectivity index (χ0) is 14.7. The molecule has 0 unspecified atom stereocenters. The molecule has 0 amide bonds. The van der Waals surface area contributed by atoms with Crippen LogP contribution in [0.1, 0.15) is 31.1 Å². The summed E-state index contributed by atoms with van der Waals surface area (Å²) in [6.07, 6.45) is 0.589. The number of aliphatic hydroxyl groups excluding tert-OH is 1. The highest BCUT2D eigenvalue weighted by molar-refractivity contribution is 9.10. The normalized spacial score (nSPS) is 12.2. The van der Waals surface area contributed by atoms with Gasteiger partial charge in [0.2, 0.25) is 0 Å². The highest BCUT2D eigenvalue weighted by atomic mass is 79.9. The largest absolute Gasteiger partial charge is 0.389 e. The van der Waals surface area contributed by atoms with Gasteiger partial charge in [0.1, 0.15) is 0 Å². The van der Waals surface area contributed by atoms with Crippen LogP contribution < -0.4 is 4.90 Å². The highest BCUT2D eigenvalue weighted by Crippen LogP contribution is 2.31. The number of halogens is 1. The molecular formula is C17H20BrNO. The van der Waals surface area contributed by atoms with E-state index in [0.717, 1.165) is 27.8 Å². The lowest BCUT2D eigenvalue weighted by Crippen LogP contribution is -2.09. The van der Waals surface area contributed by atoms with Gasteiger partial charge in [-0.3, -0.25) is 0 Å². The summed E-state index contributed by atoms with van der Waals surface area (Å²) in [5, 5.41) is 9.67. The van der Waals surface area contributed by atoms with Crippen LogP contribution in [-0.2, 0) is 6.42 Å². The fraction of sp³-hybridized carbons (Fsp3) is 0.294. The quantitative estimate of drug-likeness (QED) is 0.865. The average molecular weight is 334 g/mol. The highest BCUT2D eigenvalue weighted by Gasteiger charge is 2.09. The number of anilines is 2. The number of hydrogen-bond donors (Lipinski definition) is 1. The molecule has 2 rings (SSSR count). The Balaban J connectivity index is 2.28. The van der Waals surface area contributed by atoms with E-state index in [1.165, 1.54) is 5.56 Å². The minimum atomic E-state index is -0.465. The zero-order valence-corrected chi connectivity index (χ0v) is 13.7. The number of aliphatic hydroxyl groups is 1. The number of aryl methyl sites for hydroxylation is 1. The van der Waals surface area contributed by atoms with Gasteiger partial charge in [0.05, 0.1) is 6.10 Å². The van der Waals surface area contributed by atoms with Crippen molar-refractivity contribution in [2.24, 2.45) is 0 Å². The van der Waals surface area contributed by atoms with Crippen LogP contribution in [0, 0.1) is 0 Å². The summed E-state index contributed by atoms with van der Waals surface area (Å²) in [6, 6.07) is 14.6. The monoisotopic (exact) mass is 333 g/mol. The summed E-state index contributed by atoms with van der Waals surface area (Å²) in [7, 11) is 2.05. The molecule has 3 heteroatoms. The summed E-state index contributed by atoms with van der Waals surface area (Å²) in [5.74, 6) is 0. The molecule has 0 aliphatic heterocycles. The molecule has 0 saturated heterocycles. The van der Waals surface area contributed by atoms with E-state index >= 15 is 0 Å². The second-order valence-corrected chi connectivity index (χ2v) is 5.82. The van der Waals surface area contributed by atoms with E-state index in [1.54, 1.807) is 6.92 Å². The molecule has 0 radical (unpaired) electrons. The molecule has 2 nitrogen and oxygen atoms in total. The molecule has 20 heavy (non-hydrogen) atoms. The fourth-order valence-electron chi connectivity index (χ4n) is 2.17. The van der Waals surface area contributed by atoms with Crippen molar-refractivity contribution in [3.63, 3.8) is 0 Å². The van der Waals surface area contributed by atoms with Crippen molar-refractivity contribution in [2.45, 2.75) is 26.4 Å². The third-order valence-corrected chi connectivity index (χ3v) is 4.24. The van der Waals surface area contributed by atoms with E-state index in [2.05, 4.69) is 52.0 Å². The van der Waals surface area contributed by atoms with E-state index < -0.39 is 6.10 Å². The van der Waals surface area contributed by atoms with Crippen LogP contribution in [0.3, 0.4) is 0 Å². The maximum Gasteiger partial charge on any atom is 0.0772 e. The molecule has 1 atom stereocenters. The Morgan fingerprint density at radius 2 is 1.70 bits per heavy atom. The first-order chi connectivity index (χ1) is 9.52. The predicted octanol–water partition coefficient (Wildman–Crippen LogP) is 4.83. The van der Waals surface area contributed by atoms with Crippen molar-refractivity contribution in [1.29, 1.82) is 0 Å². The van der Waals surface area contributed by atoms with Gasteiger partial charge in [-0.05, 0) is 48.7 Å². The van der Waals surface area contributed by atoms with Crippen molar-refractivity contribution < 1.29 is 5.11 Å². The molecule has 0 heterocycles. The molecule has 0 aromatic heterocycles. The topological polar surface area (TPSA) is 23.5 Å². The maximum atomic E-state index is 9.67. The summed E-state index contributed by atoms with van der Waals surface area (Å²) in [5.41, 5.74) is 4.49. The summed E-state index contributed by atoms with van der Waals surface area (Å²) < 4.78 is 0.932. The number of hydrogen-bond acceptors (Lipinski definition) is 2. The molecule has 0 bridgehead atoms. The smallest absolute Gasteiger partial charge is 0.0772 e. The van der Waals surface area contributed by atoms with Crippen molar-refractivity contribution >= 4 is 27.3 Å². The van der Waals surface area contributed by atoms with Crippen molar-refractivity contribution in [3.8, 4) is 0 Å². The second-order valence-electron chi connectivity index (χ2n) is 4.96. The number of benzene rings is 2. The lowest BCUT2D eigenvalue weighted by Gasteiger charge is -2.21. The Kier molecular flexibility index (Phi) is 4.84. The first-order valence-corrected chi connectivity index (χ1v) is 7.62. The standard InChI is InChI=1S/C17H20BrNO/c1-4-13-5-7-14(8-6-13)19(3)15-9-10-16(12(2)20)17(18)11-15/h5-12,20H,4H2,1-3H3/t12-/m0/s1. The first kappa shape index (κ1) is 15.1.